The molecule has 6 nitrogen and oxygen atoms in total. The van der Waals surface area contributed by atoms with Crippen LogP contribution in [0.5, 0.6) is 11.5 Å². The Labute approximate surface area is 183 Å². The molecule has 0 atom stereocenters. The molecule has 0 saturated carbocycles. The number of Topliss-reactive ketones (excluding diaryl/α,β-unsaturated/α-hetero) is 1. The highest BCUT2D eigenvalue weighted by Crippen LogP contribution is 2.32. The van der Waals surface area contributed by atoms with Crippen LogP contribution in [0.1, 0.15) is 53.7 Å². The number of nitrogens with one attached hydrogen (secondary N) is 1. The fourth-order valence-electron chi connectivity index (χ4n) is 3.36. The molecule has 6 heteroatoms. The van der Waals surface area contributed by atoms with E-state index in [2.05, 4.69) is 5.32 Å². The number of ketones is 1. The Bertz CT molecular complexity index is 890. The first kappa shape index (κ1) is 24.1. The Morgan fingerprint density at radius 3 is 2.26 bits per heavy atom. The lowest BCUT2D eigenvalue weighted by molar-refractivity contribution is -0.118. The number of carbonyl (C=O) groups excluding carboxylic acids is 3. The predicted octanol–water partition coefficient (Wildman–Crippen LogP) is 3.72. The lowest BCUT2D eigenvalue weighted by Gasteiger charge is -2.15. The highest BCUT2D eigenvalue weighted by atomic mass is 16.5. The minimum absolute atomic E-state index is 0.0199. The zero-order chi connectivity index (χ0) is 22.6. The van der Waals surface area contributed by atoms with E-state index in [0.29, 0.717) is 55.9 Å². The zero-order valence-electron chi connectivity index (χ0n) is 18.5. The Morgan fingerprint density at radius 1 is 1.00 bits per heavy atom. The molecule has 31 heavy (non-hydrogen) atoms. The van der Waals surface area contributed by atoms with Crippen LogP contribution >= 0.6 is 0 Å². The number of hydrogen-bond donors (Lipinski definition) is 1. The van der Waals surface area contributed by atoms with Gasteiger partial charge in [0.25, 0.3) is 0 Å². The van der Waals surface area contributed by atoms with Gasteiger partial charge in [0.15, 0.2) is 17.3 Å². The van der Waals surface area contributed by atoms with Gasteiger partial charge in [-0.15, -0.1) is 0 Å². The fraction of sp³-hybridized carbons (Fsp3) is 0.400. The Morgan fingerprint density at radius 2 is 1.68 bits per heavy atom. The third kappa shape index (κ3) is 7.55. The molecule has 0 aliphatic rings. The van der Waals surface area contributed by atoms with Crippen LogP contribution in [0.4, 0.5) is 0 Å². The second-order valence-electron chi connectivity index (χ2n) is 7.27. The van der Waals surface area contributed by atoms with E-state index >= 15 is 0 Å². The van der Waals surface area contributed by atoms with Crippen molar-refractivity contribution in [2.24, 2.45) is 0 Å². The van der Waals surface area contributed by atoms with Crippen LogP contribution in [-0.4, -0.2) is 38.2 Å². The van der Waals surface area contributed by atoms with E-state index in [1.165, 1.54) is 6.92 Å². The maximum atomic E-state index is 13.1. The van der Waals surface area contributed by atoms with E-state index < -0.39 is 0 Å². The number of ether oxygens (including phenoxy) is 2. The average molecular weight is 426 g/mol. The van der Waals surface area contributed by atoms with E-state index in [1.54, 1.807) is 13.2 Å². The summed E-state index contributed by atoms with van der Waals surface area (Å²) >= 11 is 0. The average Bonchev–Trinajstić information content (AvgIpc) is 2.77. The summed E-state index contributed by atoms with van der Waals surface area (Å²) in [5.74, 6) is 1.02. The number of amides is 1. The zero-order valence-corrected chi connectivity index (χ0v) is 18.5. The first-order valence-electron chi connectivity index (χ1n) is 10.6. The summed E-state index contributed by atoms with van der Waals surface area (Å²) in [5.41, 5.74) is 3.60. The van der Waals surface area contributed by atoms with Crippen LogP contribution in [0.15, 0.2) is 36.4 Å². The molecule has 0 aliphatic carbocycles. The van der Waals surface area contributed by atoms with Gasteiger partial charge in [0.05, 0.1) is 13.7 Å². The minimum Gasteiger partial charge on any atom is -0.493 e. The molecule has 166 valence electrons. The summed E-state index contributed by atoms with van der Waals surface area (Å²) in [6, 6.07) is 11.6. The molecule has 0 bridgehead atoms. The van der Waals surface area contributed by atoms with E-state index in [0.717, 1.165) is 29.4 Å². The normalized spacial score (nSPS) is 10.4. The molecule has 1 amide bonds. The number of methoxy groups -OCH3 is 1. The maximum absolute atomic E-state index is 13.1. The molecule has 0 fully saturated rings. The quantitative estimate of drug-likeness (QED) is 0.391. The van der Waals surface area contributed by atoms with Crippen molar-refractivity contribution in [3.63, 3.8) is 0 Å². The monoisotopic (exact) mass is 425 g/mol. The molecule has 0 spiro atoms. The van der Waals surface area contributed by atoms with Crippen molar-refractivity contribution in [2.45, 2.75) is 46.0 Å². The van der Waals surface area contributed by atoms with Gasteiger partial charge in [-0.2, -0.15) is 0 Å². The Kier molecular flexibility index (Phi) is 9.75. The predicted molar refractivity (Wildman–Crippen MR) is 120 cm³/mol. The van der Waals surface area contributed by atoms with Crippen LogP contribution in [0.2, 0.25) is 0 Å². The van der Waals surface area contributed by atoms with E-state index in [1.807, 2.05) is 37.3 Å². The molecular weight excluding hydrogens is 394 g/mol. The smallest absolute Gasteiger partial charge is 0.216 e. The van der Waals surface area contributed by atoms with Crippen molar-refractivity contribution in [2.75, 3.05) is 20.3 Å². The summed E-state index contributed by atoms with van der Waals surface area (Å²) in [4.78, 5) is 34.8. The second-order valence-corrected chi connectivity index (χ2v) is 7.27. The van der Waals surface area contributed by atoms with E-state index in [4.69, 9.17) is 9.47 Å². The fourth-order valence-corrected chi connectivity index (χ4v) is 3.36. The van der Waals surface area contributed by atoms with Crippen molar-refractivity contribution in [1.29, 1.82) is 0 Å². The Hall–Kier alpha value is -3.15. The molecule has 0 aromatic heterocycles. The number of benzene rings is 2. The molecule has 1 N–H and O–H groups in total. The van der Waals surface area contributed by atoms with Crippen LogP contribution in [0, 0.1) is 0 Å². The van der Waals surface area contributed by atoms with Gasteiger partial charge in [-0.05, 0) is 55.0 Å². The maximum Gasteiger partial charge on any atom is 0.216 e. The summed E-state index contributed by atoms with van der Waals surface area (Å²) in [6.45, 7) is 4.25. The lowest BCUT2D eigenvalue weighted by Crippen LogP contribution is -2.23. The van der Waals surface area contributed by atoms with Gasteiger partial charge in [0, 0.05) is 31.9 Å². The number of aryl methyl sites for hydroxylation is 2. The number of aldehydes is 1. The standard InChI is InChI=1S/C25H31NO5/c1-4-31-25-17-22(21(16-24(25)30-3)13-14-26-18(2)28)23(29)12-11-20-9-7-19(8-10-20)6-5-15-27/h7-10,15-17H,4-6,11-14H2,1-3H3,(H,26,28). The minimum atomic E-state index is -0.109. The van der Waals surface area contributed by atoms with Crippen LogP contribution < -0.4 is 14.8 Å². The molecule has 0 aliphatic heterocycles. The lowest BCUT2D eigenvalue weighted by atomic mass is 9.95. The van der Waals surface area contributed by atoms with Gasteiger partial charge in [0.2, 0.25) is 5.91 Å². The van der Waals surface area contributed by atoms with Crippen molar-refractivity contribution < 1.29 is 23.9 Å². The van der Waals surface area contributed by atoms with Crippen molar-refractivity contribution >= 4 is 18.0 Å². The molecular formula is C25H31NO5. The first-order valence-corrected chi connectivity index (χ1v) is 10.6. The molecule has 0 unspecified atom stereocenters. The molecule has 0 radical (unpaired) electrons. The van der Waals surface area contributed by atoms with Crippen LogP contribution in [-0.2, 0) is 28.9 Å². The van der Waals surface area contributed by atoms with E-state index in [-0.39, 0.29) is 11.7 Å². The third-order valence-electron chi connectivity index (χ3n) is 4.97. The number of rotatable bonds is 13. The summed E-state index contributed by atoms with van der Waals surface area (Å²) in [7, 11) is 1.57. The SMILES string of the molecule is CCOc1cc(C(=O)CCc2ccc(CCC=O)cc2)c(CCNC(C)=O)cc1OC. The van der Waals surface area contributed by atoms with Gasteiger partial charge < -0.3 is 19.6 Å². The van der Waals surface area contributed by atoms with Gasteiger partial charge in [-0.25, -0.2) is 0 Å². The molecule has 0 heterocycles. The van der Waals surface area contributed by atoms with Gasteiger partial charge in [-0.1, -0.05) is 24.3 Å². The molecule has 0 saturated heterocycles. The van der Waals surface area contributed by atoms with Crippen molar-refractivity contribution in [3.8, 4) is 11.5 Å². The van der Waals surface area contributed by atoms with Crippen molar-refractivity contribution in [1.82, 2.24) is 5.32 Å². The topological polar surface area (TPSA) is 81.7 Å². The highest BCUT2D eigenvalue weighted by Gasteiger charge is 2.17. The summed E-state index contributed by atoms with van der Waals surface area (Å²) in [5, 5.41) is 2.77. The molecule has 2 aromatic rings. The van der Waals surface area contributed by atoms with Crippen molar-refractivity contribution in [3.05, 3.63) is 58.7 Å². The van der Waals surface area contributed by atoms with E-state index in [9.17, 15) is 14.4 Å². The van der Waals surface area contributed by atoms with Gasteiger partial charge in [-0.3, -0.25) is 9.59 Å². The van der Waals surface area contributed by atoms with Gasteiger partial charge in [0.1, 0.15) is 6.29 Å². The van der Waals surface area contributed by atoms with Crippen LogP contribution in [0.3, 0.4) is 0 Å². The van der Waals surface area contributed by atoms with Gasteiger partial charge >= 0.3 is 0 Å². The number of hydrogen-bond acceptors (Lipinski definition) is 5. The summed E-state index contributed by atoms with van der Waals surface area (Å²) in [6.07, 6.45) is 3.66. The Balaban J connectivity index is 2.16. The number of carbonyl (C=O) groups is 3. The molecule has 2 rings (SSSR count). The highest BCUT2D eigenvalue weighted by molar-refractivity contribution is 5.98. The first-order chi connectivity index (χ1) is 15.0. The molecule has 2 aromatic carbocycles. The van der Waals surface area contributed by atoms with Crippen LogP contribution in [0.25, 0.3) is 0 Å². The largest absolute Gasteiger partial charge is 0.493 e. The summed E-state index contributed by atoms with van der Waals surface area (Å²) < 4.78 is 11.1. The third-order valence-corrected chi connectivity index (χ3v) is 4.97. The second kappa shape index (κ2) is 12.5.